The van der Waals surface area contributed by atoms with Crippen molar-refractivity contribution in [2.24, 2.45) is 18.7 Å². The normalized spacial score (nSPS) is 20.7. The van der Waals surface area contributed by atoms with Crippen LogP contribution < -0.4 is 5.73 Å². The number of primary amides is 1. The standard InChI is InChI=1S/C17H24N4O3/c1-11(22)20-6-3-4-13(9-20)17(24)21-7-5-12-8-14(16(18)23)19(2)15(12)10-21/h8,13H,3-7,9-10H2,1-2H3,(H2,18,23)/t13-/m0/s1. The van der Waals surface area contributed by atoms with E-state index in [9.17, 15) is 14.4 Å². The fourth-order valence-electron chi connectivity index (χ4n) is 3.79. The van der Waals surface area contributed by atoms with Gasteiger partial charge in [-0.25, -0.2) is 0 Å². The number of amides is 3. The van der Waals surface area contributed by atoms with Crippen molar-refractivity contribution in [1.82, 2.24) is 14.4 Å². The number of aromatic nitrogens is 1. The number of nitrogens with zero attached hydrogens (tertiary/aromatic N) is 3. The summed E-state index contributed by atoms with van der Waals surface area (Å²) in [5, 5.41) is 0. The molecule has 0 spiro atoms. The average molecular weight is 332 g/mol. The molecule has 7 heteroatoms. The molecule has 2 aliphatic heterocycles. The van der Waals surface area contributed by atoms with Gasteiger partial charge < -0.3 is 20.1 Å². The van der Waals surface area contributed by atoms with Crippen LogP contribution >= 0.6 is 0 Å². The Morgan fingerprint density at radius 1 is 1.21 bits per heavy atom. The summed E-state index contributed by atoms with van der Waals surface area (Å²) in [7, 11) is 1.81. The largest absolute Gasteiger partial charge is 0.364 e. The van der Waals surface area contributed by atoms with Crippen LogP contribution in [0.2, 0.25) is 0 Å². The van der Waals surface area contributed by atoms with Crippen LogP contribution in [0.15, 0.2) is 6.07 Å². The van der Waals surface area contributed by atoms with Crippen LogP contribution in [-0.4, -0.2) is 51.7 Å². The molecule has 1 atom stereocenters. The number of hydrogen-bond donors (Lipinski definition) is 1. The summed E-state index contributed by atoms with van der Waals surface area (Å²) in [6.45, 7) is 3.94. The van der Waals surface area contributed by atoms with E-state index in [4.69, 9.17) is 5.73 Å². The Kier molecular flexibility index (Phi) is 4.34. The number of hydrogen-bond acceptors (Lipinski definition) is 3. The Hall–Kier alpha value is -2.31. The molecule has 0 radical (unpaired) electrons. The van der Waals surface area contributed by atoms with Gasteiger partial charge in [-0.2, -0.15) is 0 Å². The lowest BCUT2D eigenvalue weighted by atomic mass is 9.95. The van der Waals surface area contributed by atoms with E-state index < -0.39 is 5.91 Å². The van der Waals surface area contributed by atoms with Crippen molar-refractivity contribution in [3.05, 3.63) is 23.0 Å². The zero-order valence-corrected chi connectivity index (χ0v) is 14.2. The minimum atomic E-state index is -0.450. The SMILES string of the molecule is CC(=O)N1CCC[C@H](C(=O)N2CCc3cc(C(N)=O)n(C)c3C2)C1. The highest BCUT2D eigenvalue weighted by molar-refractivity contribution is 5.92. The number of piperidine rings is 1. The molecule has 2 aliphatic rings. The molecule has 0 unspecified atom stereocenters. The summed E-state index contributed by atoms with van der Waals surface area (Å²) < 4.78 is 1.79. The molecule has 24 heavy (non-hydrogen) atoms. The summed E-state index contributed by atoms with van der Waals surface area (Å²) in [6.07, 6.45) is 2.42. The first-order valence-electron chi connectivity index (χ1n) is 8.40. The number of carbonyl (C=O) groups excluding carboxylic acids is 3. The summed E-state index contributed by atoms with van der Waals surface area (Å²) >= 11 is 0. The summed E-state index contributed by atoms with van der Waals surface area (Å²) in [5.41, 5.74) is 7.95. The minimum Gasteiger partial charge on any atom is -0.364 e. The Morgan fingerprint density at radius 2 is 1.96 bits per heavy atom. The average Bonchev–Trinajstić information content (AvgIpc) is 2.91. The molecule has 1 aromatic rings. The summed E-state index contributed by atoms with van der Waals surface area (Å²) in [6, 6.07) is 1.83. The first-order chi connectivity index (χ1) is 11.4. The van der Waals surface area contributed by atoms with Crippen LogP contribution in [0.3, 0.4) is 0 Å². The van der Waals surface area contributed by atoms with Gasteiger partial charge in [-0.05, 0) is 30.9 Å². The zero-order chi connectivity index (χ0) is 17.4. The number of nitrogens with two attached hydrogens (primary N) is 1. The lowest BCUT2D eigenvalue weighted by Gasteiger charge is -2.36. The molecule has 3 rings (SSSR count). The number of fused-ring (bicyclic) bond motifs is 1. The summed E-state index contributed by atoms with van der Waals surface area (Å²) in [4.78, 5) is 39.5. The topological polar surface area (TPSA) is 88.6 Å². The molecule has 0 saturated carbocycles. The van der Waals surface area contributed by atoms with E-state index in [0.29, 0.717) is 25.3 Å². The fraction of sp³-hybridized carbons (Fsp3) is 0.588. The lowest BCUT2D eigenvalue weighted by molar-refractivity contribution is -0.141. The van der Waals surface area contributed by atoms with Crippen molar-refractivity contribution in [2.75, 3.05) is 19.6 Å². The molecular formula is C17H24N4O3. The highest BCUT2D eigenvalue weighted by Crippen LogP contribution is 2.26. The third-order valence-corrected chi connectivity index (χ3v) is 5.22. The lowest BCUT2D eigenvalue weighted by Crippen LogP contribution is -2.47. The molecule has 7 nitrogen and oxygen atoms in total. The monoisotopic (exact) mass is 332 g/mol. The predicted molar refractivity (Wildman–Crippen MR) is 88.0 cm³/mol. The van der Waals surface area contributed by atoms with E-state index in [1.165, 1.54) is 0 Å². The third kappa shape index (κ3) is 2.90. The Labute approximate surface area is 141 Å². The molecule has 3 amide bonds. The molecular weight excluding hydrogens is 308 g/mol. The molecule has 3 heterocycles. The highest BCUT2D eigenvalue weighted by Gasteiger charge is 2.33. The van der Waals surface area contributed by atoms with E-state index in [1.54, 1.807) is 16.4 Å². The Morgan fingerprint density at radius 3 is 2.62 bits per heavy atom. The maximum atomic E-state index is 12.9. The molecule has 0 aromatic carbocycles. The predicted octanol–water partition coefficient (Wildman–Crippen LogP) is 0.267. The van der Waals surface area contributed by atoms with Crippen molar-refractivity contribution in [3.63, 3.8) is 0 Å². The van der Waals surface area contributed by atoms with Gasteiger partial charge in [0.2, 0.25) is 11.8 Å². The maximum Gasteiger partial charge on any atom is 0.265 e. The number of carbonyl (C=O) groups is 3. The van der Waals surface area contributed by atoms with Crippen molar-refractivity contribution in [3.8, 4) is 0 Å². The number of likely N-dealkylation sites (tertiary alicyclic amines) is 1. The Balaban J connectivity index is 1.74. The summed E-state index contributed by atoms with van der Waals surface area (Å²) in [5.74, 6) is -0.440. The Bertz CT molecular complexity index is 694. The van der Waals surface area contributed by atoms with Gasteiger partial charge in [0.1, 0.15) is 5.69 Å². The molecule has 1 aromatic heterocycles. The van der Waals surface area contributed by atoms with Crippen LogP contribution in [0.25, 0.3) is 0 Å². The molecule has 2 N–H and O–H groups in total. The van der Waals surface area contributed by atoms with Crippen molar-refractivity contribution in [1.29, 1.82) is 0 Å². The third-order valence-electron chi connectivity index (χ3n) is 5.22. The van der Waals surface area contributed by atoms with E-state index in [0.717, 1.165) is 37.1 Å². The van der Waals surface area contributed by atoms with Crippen molar-refractivity contribution in [2.45, 2.75) is 32.7 Å². The molecule has 0 bridgehead atoms. The van der Waals surface area contributed by atoms with Crippen LogP contribution in [0.5, 0.6) is 0 Å². The van der Waals surface area contributed by atoms with Gasteiger partial charge in [0.05, 0.1) is 12.5 Å². The van der Waals surface area contributed by atoms with Crippen LogP contribution in [0.4, 0.5) is 0 Å². The van der Waals surface area contributed by atoms with Gasteiger partial charge in [-0.15, -0.1) is 0 Å². The fourth-order valence-corrected chi connectivity index (χ4v) is 3.79. The first-order valence-corrected chi connectivity index (χ1v) is 8.40. The second kappa shape index (κ2) is 6.30. The smallest absolute Gasteiger partial charge is 0.265 e. The van der Waals surface area contributed by atoms with Crippen LogP contribution in [0, 0.1) is 5.92 Å². The van der Waals surface area contributed by atoms with E-state index in [1.807, 2.05) is 18.0 Å². The quantitative estimate of drug-likeness (QED) is 0.843. The van der Waals surface area contributed by atoms with E-state index >= 15 is 0 Å². The van der Waals surface area contributed by atoms with Gasteiger partial charge in [-0.1, -0.05) is 0 Å². The van der Waals surface area contributed by atoms with Gasteiger partial charge in [-0.3, -0.25) is 14.4 Å². The minimum absolute atomic E-state index is 0.0296. The van der Waals surface area contributed by atoms with E-state index in [-0.39, 0.29) is 17.7 Å². The highest BCUT2D eigenvalue weighted by atomic mass is 16.2. The van der Waals surface area contributed by atoms with Crippen molar-refractivity contribution < 1.29 is 14.4 Å². The van der Waals surface area contributed by atoms with Gasteiger partial charge in [0.25, 0.3) is 5.91 Å². The zero-order valence-electron chi connectivity index (χ0n) is 14.2. The number of rotatable bonds is 2. The van der Waals surface area contributed by atoms with Crippen LogP contribution in [0.1, 0.15) is 41.5 Å². The first kappa shape index (κ1) is 16.5. The van der Waals surface area contributed by atoms with Gasteiger partial charge in [0, 0.05) is 39.3 Å². The van der Waals surface area contributed by atoms with Gasteiger partial charge in [0.15, 0.2) is 0 Å². The van der Waals surface area contributed by atoms with Gasteiger partial charge >= 0.3 is 0 Å². The molecule has 130 valence electrons. The second-order valence-corrected chi connectivity index (χ2v) is 6.74. The molecule has 1 saturated heterocycles. The van der Waals surface area contributed by atoms with E-state index in [2.05, 4.69) is 0 Å². The van der Waals surface area contributed by atoms with Crippen molar-refractivity contribution >= 4 is 17.7 Å². The second-order valence-electron chi connectivity index (χ2n) is 6.74. The molecule has 1 fully saturated rings. The maximum absolute atomic E-state index is 12.9. The molecule has 0 aliphatic carbocycles. The van der Waals surface area contributed by atoms with Crippen LogP contribution in [-0.2, 0) is 29.6 Å².